The van der Waals surface area contributed by atoms with E-state index in [1.54, 1.807) is 14.0 Å². The number of pyridine rings is 1. The molecule has 20 heavy (non-hydrogen) atoms. The minimum Gasteiger partial charge on any atom is -0.340 e. The summed E-state index contributed by atoms with van der Waals surface area (Å²) < 4.78 is 0. The number of carbonyl (C=O) groups excluding carboxylic acids is 1. The van der Waals surface area contributed by atoms with E-state index < -0.39 is 0 Å². The molecule has 2 aromatic rings. The molecule has 1 amide bonds. The zero-order chi connectivity index (χ0) is 14.7. The summed E-state index contributed by atoms with van der Waals surface area (Å²) in [7, 11) is 1.68. The van der Waals surface area contributed by atoms with Gasteiger partial charge in [0.2, 0.25) is 0 Å². The van der Waals surface area contributed by atoms with E-state index in [2.05, 4.69) is 11.1 Å². The van der Waals surface area contributed by atoms with Gasteiger partial charge in [0.1, 0.15) is 5.15 Å². The van der Waals surface area contributed by atoms with Crippen molar-refractivity contribution in [3.05, 3.63) is 41.2 Å². The van der Waals surface area contributed by atoms with E-state index in [0.717, 1.165) is 10.8 Å². The monoisotopic (exact) mass is 287 g/mol. The summed E-state index contributed by atoms with van der Waals surface area (Å²) in [6.45, 7) is 2.16. The SMILES string of the molecule is CC(C#N)CN(C)C(=O)c1cnc(Cl)c2ccccc12. The third-order valence-corrected chi connectivity index (χ3v) is 3.39. The summed E-state index contributed by atoms with van der Waals surface area (Å²) in [5.74, 6) is -0.372. The molecule has 1 heterocycles. The molecule has 0 N–H and O–H groups in total. The Morgan fingerprint density at radius 1 is 1.45 bits per heavy atom. The highest BCUT2D eigenvalue weighted by Gasteiger charge is 2.18. The molecule has 0 saturated heterocycles. The average molecular weight is 288 g/mol. The third-order valence-electron chi connectivity index (χ3n) is 3.09. The normalized spacial score (nSPS) is 11.9. The van der Waals surface area contributed by atoms with Crippen LogP contribution in [0.15, 0.2) is 30.5 Å². The second-order valence-corrected chi connectivity index (χ2v) is 5.08. The van der Waals surface area contributed by atoms with E-state index in [4.69, 9.17) is 16.9 Å². The summed E-state index contributed by atoms with van der Waals surface area (Å²) in [5, 5.41) is 10.7. The van der Waals surface area contributed by atoms with Crippen molar-refractivity contribution in [1.82, 2.24) is 9.88 Å². The van der Waals surface area contributed by atoms with E-state index in [1.807, 2.05) is 24.3 Å². The number of nitriles is 1. The van der Waals surface area contributed by atoms with Crippen molar-refractivity contribution in [1.29, 1.82) is 5.26 Å². The highest BCUT2D eigenvalue weighted by atomic mass is 35.5. The van der Waals surface area contributed by atoms with Crippen LogP contribution in [0.2, 0.25) is 5.15 Å². The number of hydrogen-bond donors (Lipinski definition) is 0. The molecule has 0 aliphatic carbocycles. The number of halogens is 1. The summed E-state index contributed by atoms with van der Waals surface area (Å²) in [5.41, 5.74) is 0.498. The topological polar surface area (TPSA) is 57.0 Å². The van der Waals surface area contributed by atoms with Crippen LogP contribution >= 0.6 is 11.6 Å². The maximum absolute atomic E-state index is 12.5. The lowest BCUT2D eigenvalue weighted by Gasteiger charge is -2.19. The number of aromatic nitrogens is 1. The summed E-state index contributed by atoms with van der Waals surface area (Å²) in [6.07, 6.45) is 1.49. The van der Waals surface area contributed by atoms with Crippen LogP contribution in [0.1, 0.15) is 17.3 Å². The number of carbonyl (C=O) groups is 1. The van der Waals surface area contributed by atoms with Crippen LogP contribution in [0.25, 0.3) is 10.8 Å². The van der Waals surface area contributed by atoms with Gasteiger partial charge in [0.25, 0.3) is 5.91 Å². The lowest BCUT2D eigenvalue weighted by Crippen LogP contribution is -2.30. The second-order valence-electron chi connectivity index (χ2n) is 4.72. The molecule has 0 radical (unpaired) electrons. The van der Waals surface area contributed by atoms with Crippen LogP contribution in [-0.4, -0.2) is 29.4 Å². The molecule has 0 spiro atoms. The fourth-order valence-electron chi connectivity index (χ4n) is 2.07. The maximum atomic E-state index is 12.5. The Labute approximate surface area is 122 Å². The van der Waals surface area contributed by atoms with Gasteiger partial charge in [-0.3, -0.25) is 4.79 Å². The molecule has 0 aliphatic heterocycles. The van der Waals surface area contributed by atoms with Gasteiger partial charge in [0.15, 0.2) is 0 Å². The number of hydrogen-bond acceptors (Lipinski definition) is 3. The second kappa shape index (κ2) is 5.89. The van der Waals surface area contributed by atoms with Gasteiger partial charge in [-0.2, -0.15) is 5.26 Å². The highest BCUT2D eigenvalue weighted by molar-refractivity contribution is 6.34. The first-order valence-corrected chi connectivity index (χ1v) is 6.60. The molecule has 0 aliphatic rings. The smallest absolute Gasteiger partial charge is 0.255 e. The molecular weight excluding hydrogens is 274 g/mol. The molecule has 1 aromatic carbocycles. The van der Waals surface area contributed by atoms with Crippen LogP contribution in [0.5, 0.6) is 0 Å². The van der Waals surface area contributed by atoms with Crippen molar-refractivity contribution < 1.29 is 4.79 Å². The van der Waals surface area contributed by atoms with Crippen molar-refractivity contribution >= 4 is 28.3 Å². The van der Waals surface area contributed by atoms with Gasteiger partial charge >= 0.3 is 0 Å². The predicted molar refractivity (Wildman–Crippen MR) is 78.5 cm³/mol. The van der Waals surface area contributed by atoms with Gasteiger partial charge in [-0.1, -0.05) is 35.9 Å². The van der Waals surface area contributed by atoms with E-state index in [9.17, 15) is 4.79 Å². The zero-order valence-corrected chi connectivity index (χ0v) is 12.1. The van der Waals surface area contributed by atoms with Crippen molar-refractivity contribution in [3.8, 4) is 6.07 Å². The van der Waals surface area contributed by atoms with E-state index in [1.165, 1.54) is 11.1 Å². The van der Waals surface area contributed by atoms with Gasteiger partial charge in [0, 0.05) is 25.2 Å². The number of nitrogens with zero attached hydrogens (tertiary/aromatic N) is 3. The zero-order valence-electron chi connectivity index (χ0n) is 11.3. The molecule has 4 nitrogen and oxygen atoms in total. The van der Waals surface area contributed by atoms with E-state index >= 15 is 0 Å². The number of rotatable bonds is 3. The Morgan fingerprint density at radius 2 is 2.10 bits per heavy atom. The molecule has 0 fully saturated rings. The fraction of sp³-hybridized carbons (Fsp3) is 0.267. The predicted octanol–water partition coefficient (Wildman–Crippen LogP) is 3.12. The summed E-state index contributed by atoms with van der Waals surface area (Å²) in [4.78, 5) is 18.1. The average Bonchev–Trinajstić information content (AvgIpc) is 2.47. The van der Waals surface area contributed by atoms with E-state index in [0.29, 0.717) is 17.3 Å². The van der Waals surface area contributed by atoms with Crippen molar-refractivity contribution in [2.45, 2.75) is 6.92 Å². The minimum atomic E-state index is -0.213. The van der Waals surface area contributed by atoms with Crippen molar-refractivity contribution in [3.63, 3.8) is 0 Å². The Kier molecular flexibility index (Phi) is 4.21. The summed E-state index contributed by atoms with van der Waals surface area (Å²) >= 11 is 6.04. The van der Waals surface area contributed by atoms with Crippen LogP contribution in [-0.2, 0) is 0 Å². The first-order valence-electron chi connectivity index (χ1n) is 6.23. The maximum Gasteiger partial charge on any atom is 0.255 e. The third kappa shape index (κ3) is 2.73. The molecule has 1 atom stereocenters. The fourth-order valence-corrected chi connectivity index (χ4v) is 2.28. The first-order chi connectivity index (χ1) is 9.54. The van der Waals surface area contributed by atoms with E-state index in [-0.39, 0.29) is 11.8 Å². The number of fused-ring (bicyclic) bond motifs is 1. The van der Waals surface area contributed by atoms with Crippen LogP contribution < -0.4 is 0 Å². The lowest BCUT2D eigenvalue weighted by molar-refractivity contribution is 0.0786. The van der Waals surface area contributed by atoms with Crippen molar-refractivity contribution in [2.24, 2.45) is 5.92 Å². The van der Waals surface area contributed by atoms with Gasteiger partial charge < -0.3 is 4.90 Å². The van der Waals surface area contributed by atoms with Gasteiger partial charge in [0.05, 0.1) is 17.6 Å². The van der Waals surface area contributed by atoms with Crippen molar-refractivity contribution in [2.75, 3.05) is 13.6 Å². The Balaban J connectivity index is 2.41. The van der Waals surface area contributed by atoms with Gasteiger partial charge in [-0.25, -0.2) is 4.98 Å². The Bertz CT molecular complexity index is 693. The summed E-state index contributed by atoms with van der Waals surface area (Å²) in [6, 6.07) is 9.50. The number of benzene rings is 1. The standard InChI is InChI=1S/C15H14ClN3O/c1-10(7-17)9-19(2)15(20)13-8-18-14(16)12-6-4-3-5-11(12)13/h3-6,8,10H,9H2,1-2H3. The molecule has 1 unspecified atom stereocenters. The largest absolute Gasteiger partial charge is 0.340 e. The van der Waals surface area contributed by atoms with Gasteiger partial charge in [-0.15, -0.1) is 0 Å². The molecular formula is C15H14ClN3O. The first kappa shape index (κ1) is 14.3. The molecule has 102 valence electrons. The molecule has 5 heteroatoms. The van der Waals surface area contributed by atoms with Gasteiger partial charge in [-0.05, 0) is 12.3 Å². The number of amides is 1. The molecule has 0 bridgehead atoms. The molecule has 2 rings (SSSR count). The Hall–Kier alpha value is -2.12. The van der Waals surface area contributed by atoms with Crippen LogP contribution in [0.3, 0.4) is 0 Å². The molecule has 1 aromatic heterocycles. The molecule has 0 saturated carbocycles. The lowest BCUT2D eigenvalue weighted by atomic mass is 10.1. The highest BCUT2D eigenvalue weighted by Crippen LogP contribution is 2.25. The minimum absolute atomic E-state index is 0.160. The quantitative estimate of drug-likeness (QED) is 0.815. The van der Waals surface area contributed by atoms with Crippen LogP contribution in [0, 0.1) is 17.2 Å². The Morgan fingerprint density at radius 3 is 2.75 bits per heavy atom. The van der Waals surface area contributed by atoms with Crippen LogP contribution in [0.4, 0.5) is 0 Å².